The van der Waals surface area contributed by atoms with E-state index in [-0.39, 0.29) is 12.5 Å². The van der Waals surface area contributed by atoms with Crippen LogP contribution in [0.3, 0.4) is 0 Å². The van der Waals surface area contributed by atoms with Crippen molar-refractivity contribution < 1.29 is 33.3 Å². The maximum atomic E-state index is 14.1. The van der Waals surface area contributed by atoms with E-state index in [4.69, 9.17) is 9.84 Å². The first-order chi connectivity index (χ1) is 9.15. The largest absolute Gasteiger partial charge is 0.477 e. The van der Waals surface area contributed by atoms with Crippen molar-refractivity contribution in [1.82, 2.24) is 4.90 Å². The van der Waals surface area contributed by atoms with Gasteiger partial charge in [-0.1, -0.05) is 6.92 Å². The van der Waals surface area contributed by atoms with E-state index in [2.05, 4.69) is 0 Å². The average molecular weight is 295 g/mol. The highest BCUT2D eigenvalue weighted by atomic mass is 19.2. The number of aliphatic hydroxyl groups excluding tert-OH is 1. The van der Waals surface area contributed by atoms with Crippen LogP contribution in [-0.4, -0.2) is 64.3 Å². The lowest BCUT2D eigenvalue weighted by molar-refractivity contribution is -0.283. The third kappa shape index (κ3) is 2.90. The molecule has 8 heteroatoms. The van der Waals surface area contributed by atoms with Crippen LogP contribution in [0.5, 0.6) is 0 Å². The van der Waals surface area contributed by atoms with Gasteiger partial charge in [-0.15, -0.1) is 0 Å². The fraction of sp³-hybridized carbons (Fsp3) is 0.833. The second-order valence-corrected chi connectivity index (χ2v) is 4.92. The summed E-state index contributed by atoms with van der Waals surface area (Å²) in [5.41, 5.74) is 0. The summed E-state index contributed by atoms with van der Waals surface area (Å²) in [7, 11) is 0. The number of halogens is 2. The Labute approximate surface area is 115 Å². The number of nitrogens with zero attached hydrogens (tertiary/aromatic N) is 1. The third-order valence-corrected chi connectivity index (χ3v) is 3.62. The lowest BCUT2D eigenvalue weighted by Crippen LogP contribution is -2.63. The number of aliphatic hydroxyl groups is 1. The number of hydrogen-bond donors (Lipinski definition) is 2. The molecule has 5 unspecified atom stereocenters. The number of carboxylic acids is 1. The van der Waals surface area contributed by atoms with Crippen LogP contribution in [0.15, 0.2) is 0 Å². The number of carboxylic acid groups (broad SMARTS) is 1. The zero-order chi connectivity index (χ0) is 15.7. The fourth-order valence-corrected chi connectivity index (χ4v) is 2.17. The van der Waals surface area contributed by atoms with Crippen LogP contribution in [0.1, 0.15) is 20.8 Å². The Bertz CT molecular complexity index is 394. The lowest BCUT2D eigenvalue weighted by atomic mass is 9.87. The Balaban J connectivity index is 2.96. The Morgan fingerprint density at radius 1 is 1.45 bits per heavy atom. The number of ether oxygens (including phenoxy) is 1. The standard InChI is InChI=1S/C12H19F2NO5/c1-4-15(7(3)16)5-8-6(2)9(17)10(13)12(14,20-8)11(18)19/h6,8-10,17H,4-5H2,1-3H3,(H,18,19). The molecule has 1 heterocycles. The van der Waals surface area contributed by atoms with Gasteiger partial charge in [0.05, 0.1) is 12.2 Å². The highest BCUT2D eigenvalue weighted by molar-refractivity contribution is 5.77. The van der Waals surface area contributed by atoms with Gasteiger partial charge in [0.25, 0.3) is 0 Å². The van der Waals surface area contributed by atoms with Gasteiger partial charge in [-0.05, 0) is 6.92 Å². The van der Waals surface area contributed by atoms with Gasteiger partial charge in [0, 0.05) is 25.9 Å². The van der Waals surface area contributed by atoms with Crippen LogP contribution in [0.4, 0.5) is 8.78 Å². The van der Waals surface area contributed by atoms with Crippen LogP contribution >= 0.6 is 0 Å². The van der Waals surface area contributed by atoms with Crippen molar-refractivity contribution in [2.24, 2.45) is 5.92 Å². The molecule has 0 aromatic carbocycles. The van der Waals surface area contributed by atoms with Gasteiger partial charge in [-0.25, -0.2) is 9.18 Å². The molecular weight excluding hydrogens is 276 g/mol. The number of carbonyl (C=O) groups excluding carboxylic acids is 1. The number of amides is 1. The normalized spacial score (nSPS) is 37.5. The molecule has 116 valence electrons. The van der Waals surface area contributed by atoms with Crippen molar-refractivity contribution in [2.75, 3.05) is 13.1 Å². The number of rotatable bonds is 4. The Morgan fingerprint density at radius 2 is 2.00 bits per heavy atom. The second kappa shape index (κ2) is 6.01. The number of alkyl halides is 2. The van der Waals surface area contributed by atoms with E-state index in [1.807, 2.05) is 0 Å². The molecule has 1 rings (SSSR count). The molecule has 2 N–H and O–H groups in total. The van der Waals surface area contributed by atoms with Crippen molar-refractivity contribution >= 4 is 11.9 Å². The van der Waals surface area contributed by atoms with Gasteiger partial charge in [0.2, 0.25) is 5.91 Å². The fourth-order valence-electron chi connectivity index (χ4n) is 2.17. The van der Waals surface area contributed by atoms with Crippen molar-refractivity contribution in [3.63, 3.8) is 0 Å². The molecular formula is C12H19F2NO5. The van der Waals surface area contributed by atoms with Crippen LogP contribution in [0.2, 0.25) is 0 Å². The topological polar surface area (TPSA) is 87.1 Å². The Morgan fingerprint density at radius 3 is 2.40 bits per heavy atom. The summed E-state index contributed by atoms with van der Waals surface area (Å²) < 4.78 is 32.4. The zero-order valence-electron chi connectivity index (χ0n) is 11.5. The predicted molar refractivity (Wildman–Crippen MR) is 64.3 cm³/mol. The van der Waals surface area contributed by atoms with Crippen molar-refractivity contribution in [2.45, 2.75) is 45.0 Å². The number of likely N-dealkylation sites (N-methyl/N-ethyl adjacent to an activating group) is 1. The predicted octanol–water partition coefficient (Wildman–Crippen LogP) is 0.339. The molecule has 6 nitrogen and oxygen atoms in total. The molecule has 1 fully saturated rings. The molecule has 20 heavy (non-hydrogen) atoms. The molecule has 1 saturated heterocycles. The van der Waals surface area contributed by atoms with E-state index in [9.17, 15) is 23.5 Å². The first-order valence-corrected chi connectivity index (χ1v) is 6.32. The minimum Gasteiger partial charge on any atom is -0.477 e. The molecule has 0 aliphatic carbocycles. The van der Waals surface area contributed by atoms with Gasteiger partial charge >= 0.3 is 11.8 Å². The molecule has 1 aliphatic heterocycles. The van der Waals surface area contributed by atoms with Gasteiger partial charge in [0.15, 0.2) is 6.17 Å². The van der Waals surface area contributed by atoms with E-state index < -0.39 is 36.1 Å². The molecule has 0 radical (unpaired) electrons. The summed E-state index contributed by atoms with van der Waals surface area (Å²) in [6, 6.07) is 0. The molecule has 5 atom stereocenters. The highest BCUT2D eigenvalue weighted by Gasteiger charge is 2.60. The highest BCUT2D eigenvalue weighted by Crippen LogP contribution is 2.37. The SMILES string of the molecule is CCN(CC1OC(F)(C(=O)O)C(F)C(O)C1C)C(C)=O. The van der Waals surface area contributed by atoms with E-state index in [1.54, 1.807) is 6.92 Å². The zero-order valence-corrected chi connectivity index (χ0v) is 11.5. The maximum absolute atomic E-state index is 14.1. The summed E-state index contributed by atoms with van der Waals surface area (Å²) in [6.45, 7) is 4.59. The molecule has 0 aromatic rings. The van der Waals surface area contributed by atoms with E-state index in [0.29, 0.717) is 6.54 Å². The molecule has 1 amide bonds. The van der Waals surface area contributed by atoms with Gasteiger partial charge in [0.1, 0.15) is 0 Å². The quantitative estimate of drug-likeness (QED) is 0.781. The number of carbonyl (C=O) groups is 2. The average Bonchev–Trinajstić information content (AvgIpc) is 2.38. The second-order valence-electron chi connectivity index (χ2n) is 4.92. The van der Waals surface area contributed by atoms with Crippen LogP contribution in [-0.2, 0) is 14.3 Å². The van der Waals surface area contributed by atoms with Gasteiger partial charge in [-0.3, -0.25) is 4.79 Å². The van der Waals surface area contributed by atoms with E-state index in [1.165, 1.54) is 18.7 Å². The van der Waals surface area contributed by atoms with E-state index >= 15 is 0 Å². The third-order valence-electron chi connectivity index (χ3n) is 3.62. The van der Waals surface area contributed by atoms with Crippen LogP contribution < -0.4 is 0 Å². The van der Waals surface area contributed by atoms with Gasteiger partial charge in [-0.2, -0.15) is 4.39 Å². The first-order valence-electron chi connectivity index (χ1n) is 6.32. The Hall–Kier alpha value is -1.28. The summed E-state index contributed by atoms with van der Waals surface area (Å²) in [6.07, 6.45) is -5.61. The number of aliphatic carboxylic acids is 1. The monoisotopic (exact) mass is 295 g/mol. The van der Waals surface area contributed by atoms with Crippen molar-refractivity contribution in [1.29, 1.82) is 0 Å². The Kier molecular flexibility index (Phi) is 5.04. The van der Waals surface area contributed by atoms with E-state index in [0.717, 1.165) is 0 Å². The molecule has 0 spiro atoms. The molecule has 0 aromatic heterocycles. The summed E-state index contributed by atoms with van der Waals surface area (Å²) in [5.74, 6) is -6.89. The smallest absolute Gasteiger partial charge is 0.372 e. The van der Waals surface area contributed by atoms with Gasteiger partial charge < -0.3 is 19.8 Å². The first kappa shape index (κ1) is 16.8. The summed E-state index contributed by atoms with van der Waals surface area (Å²) in [4.78, 5) is 23.5. The lowest BCUT2D eigenvalue weighted by Gasteiger charge is -2.43. The van der Waals surface area contributed by atoms with Crippen molar-refractivity contribution in [3.8, 4) is 0 Å². The summed E-state index contributed by atoms with van der Waals surface area (Å²) >= 11 is 0. The molecule has 0 bridgehead atoms. The number of hydrogen-bond acceptors (Lipinski definition) is 4. The van der Waals surface area contributed by atoms with Crippen molar-refractivity contribution in [3.05, 3.63) is 0 Å². The molecule has 0 saturated carbocycles. The minimum absolute atomic E-state index is 0.115. The summed E-state index contributed by atoms with van der Waals surface area (Å²) in [5, 5.41) is 18.4. The van der Waals surface area contributed by atoms with Crippen LogP contribution in [0, 0.1) is 5.92 Å². The minimum atomic E-state index is -3.60. The molecule has 1 aliphatic rings. The maximum Gasteiger partial charge on any atom is 0.372 e. The van der Waals surface area contributed by atoms with Crippen LogP contribution in [0.25, 0.3) is 0 Å².